The summed E-state index contributed by atoms with van der Waals surface area (Å²) in [5.41, 5.74) is 0.883. The number of nitrogens with zero attached hydrogens (tertiary/aromatic N) is 1. The molecule has 0 aromatic heterocycles. The van der Waals surface area contributed by atoms with E-state index in [1.165, 1.54) is 0 Å². The quantitative estimate of drug-likeness (QED) is 0.607. The summed E-state index contributed by atoms with van der Waals surface area (Å²) in [6, 6.07) is 0.508. The summed E-state index contributed by atoms with van der Waals surface area (Å²) in [6.45, 7) is 4.28. The zero-order chi connectivity index (χ0) is 8.85. The molecule has 0 aromatic rings. The van der Waals surface area contributed by atoms with Crippen LogP contribution >= 0.6 is 0 Å². The Labute approximate surface area is 70.1 Å². The Balaban J connectivity index is 3.57. The highest BCUT2D eigenvalue weighted by atomic mass is 15.1. The second-order valence-electron chi connectivity index (χ2n) is 3.37. The van der Waals surface area contributed by atoms with E-state index in [9.17, 15) is 0 Å². The summed E-state index contributed by atoms with van der Waals surface area (Å²) < 4.78 is 0. The Morgan fingerprint density at radius 2 is 2.00 bits per heavy atom. The maximum Gasteiger partial charge on any atom is 0.0113 e. The molecule has 0 fully saturated rings. The zero-order valence-electron chi connectivity index (χ0n) is 8.15. The monoisotopic (exact) mass is 156 g/mol. The van der Waals surface area contributed by atoms with E-state index < -0.39 is 0 Å². The largest absolute Gasteiger partial charge is 0.310 e. The number of rotatable bonds is 5. The van der Waals surface area contributed by atoms with Crippen LogP contribution in [-0.4, -0.2) is 30.7 Å². The highest BCUT2D eigenvalue weighted by Gasteiger charge is 2.06. The van der Waals surface area contributed by atoms with Crippen molar-refractivity contribution in [3.8, 4) is 0 Å². The molecule has 2 nitrogen and oxygen atoms in total. The van der Waals surface area contributed by atoms with Gasteiger partial charge in [0.1, 0.15) is 0 Å². The standard InChI is InChI=1S/C9H20N2/c1-5-6-9(10)7-8(2)11(3)4/h8,10H,5-7H2,1-4H3/t8-/m0/s1. The van der Waals surface area contributed by atoms with Gasteiger partial charge in [0.2, 0.25) is 0 Å². The van der Waals surface area contributed by atoms with Gasteiger partial charge < -0.3 is 10.3 Å². The van der Waals surface area contributed by atoms with E-state index in [4.69, 9.17) is 5.41 Å². The summed E-state index contributed by atoms with van der Waals surface area (Å²) in [5, 5.41) is 7.59. The lowest BCUT2D eigenvalue weighted by molar-refractivity contribution is 0.320. The molecule has 0 unspecified atom stereocenters. The molecular weight excluding hydrogens is 136 g/mol. The molecule has 0 heterocycles. The predicted molar refractivity (Wildman–Crippen MR) is 50.4 cm³/mol. The Kier molecular flexibility index (Phi) is 5.12. The van der Waals surface area contributed by atoms with Crippen molar-refractivity contribution in [2.75, 3.05) is 14.1 Å². The molecule has 66 valence electrons. The molecule has 0 rings (SSSR count). The van der Waals surface area contributed by atoms with E-state index >= 15 is 0 Å². The first-order chi connectivity index (χ1) is 5.07. The molecule has 0 aliphatic heterocycles. The van der Waals surface area contributed by atoms with Gasteiger partial charge in [-0.2, -0.15) is 0 Å². The number of hydrogen-bond acceptors (Lipinski definition) is 2. The molecule has 0 aliphatic carbocycles. The van der Waals surface area contributed by atoms with Crippen LogP contribution in [0.4, 0.5) is 0 Å². The van der Waals surface area contributed by atoms with E-state index in [0.717, 1.165) is 25.0 Å². The van der Waals surface area contributed by atoms with Gasteiger partial charge in [-0.15, -0.1) is 0 Å². The Hall–Kier alpha value is -0.370. The maximum atomic E-state index is 7.59. The van der Waals surface area contributed by atoms with Crippen molar-refractivity contribution in [3.63, 3.8) is 0 Å². The highest BCUT2D eigenvalue weighted by molar-refractivity contribution is 5.81. The SMILES string of the molecule is CCCC(=N)C[C@H](C)N(C)C. The Morgan fingerprint density at radius 1 is 1.45 bits per heavy atom. The molecule has 11 heavy (non-hydrogen) atoms. The fourth-order valence-corrected chi connectivity index (χ4v) is 0.943. The first-order valence-corrected chi connectivity index (χ1v) is 4.30. The lowest BCUT2D eigenvalue weighted by Gasteiger charge is -2.19. The topological polar surface area (TPSA) is 27.1 Å². The van der Waals surface area contributed by atoms with Crippen molar-refractivity contribution in [3.05, 3.63) is 0 Å². The van der Waals surface area contributed by atoms with Crippen LogP contribution in [0.25, 0.3) is 0 Å². The lowest BCUT2D eigenvalue weighted by Crippen LogP contribution is -2.26. The van der Waals surface area contributed by atoms with Gasteiger partial charge in [0.25, 0.3) is 0 Å². The molecule has 0 aromatic carbocycles. The third-order valence-electron chi connectivity index (χ3n) is 1.98. The van der Waals surface area contributed by atoms with Crippen LogP contribution in [0.3, 0.4) is 0 Å². The number of nitrogens with one attached hydrogen (secondary N) is 1. The normalized spacial score (nSPS) is 13.5. The predicted octanol–water partition coefficient (Wildman–Crippen LogP) is 2.15. The van der Waals surface area contributed by atoms with Gasteiger partial charge in [0.05, 0.1) is 0 Å². The zero-order valence-corrected chi connectivity index (χ0v) is 8.15. The molecule has 0 amide bonds. The van der Waals surface area contributed by atoms with E-state index in [1.807, 2.05) is 0 Å². The molecule has 0 saturated heterocycles. The molecule has 1 atom stereocenters. The van der Waals surface area contributed by atoms with Crippen molar-refractivity contribution >= 4 is 5.71 Å². The molecule has 0 saturated carbocycles. The van der Waals surface area contributed by atoms with E-state index in [2.05, 4.69) is 32.8 Å². The number of hydrogen-bond donors (Lipinski definition) is 1. The summed E-state index contributed by atoms with van der Waals surface area (Å²) in [6.07, 6.45) is 2.97. The minimum absolute atomic E-state index is 0.508. The molecular formula is C9H20N2. The highest BCUT2D eigenvalue weighted by Crippen LogP contribution is 2.02. The third kappa shape index (κ3) is 4.96. The second-order valence-corrected chi connectivity index (χ2v) is 3.37. The molecule has 0 radical (unpaired) electrons. The van der Waals surface area contributed by atoms with Gasteiger partial charge in [0.15, 0.2) is 0 Å². The lowest BCUT2D eigenvalue weighted by atomic mass is 10.1. The first kappa shape index (κ1) is 10.6. The molecule has 0 aliphatic rings. The third-order valence-corrected chi connectivity index (χ3v) is 1.98. The summed E-state index contributed by atoms with van der Waals surface area (Å²) in [7, 11) is 4.12. The Morgan fingerprint density at radius 3 is 2.36 bits per heavy atom. The van der Waals surface area contributed by atoms with Crippen molar-refractivity contribution < 1.29 is 0 Å². The van der Waals surface area contributed by atoms with E-state index in [0.29, 0.717) is 6.04 Å². The van der Waals surface area contributed by atoms with Crippen LogP contribution in [0, 0.1) is 5.41 Å². The van der Waals surface area contributed by atoms with Gasteiger partial charge in [-0.1, -0.05) is 13.3 Å². The van der Waals surface area contributed by atoms with Crippen LogP contribution in [0.15, 0.2) is 0 Å². The van der Waals surface area contributed by atoms with Crippen LogP contribution in [-0.2, 0) is 0 Å². The van der Waals surface area contributed by atoms with Gasteiger partial charge in [-0.25, -0.2) is 0 Å². The molecule has 2 heteroatoms. The fourth-order valence-electron chi connectivity index (χ4n) is 0.943. The van der Waals surface area contributed by atoms with Gasteiger partial charge in [-0.05, 0) is 27.4 Å². The first-order valence-electron chi connectivity index (χ1n) is 4.30. The van der Waals surface area contributed by atoms with Crippen LogP contribution < -0.4 is 0 Å². The van der Waals surface area contributed by atoms with Crippen molar-refractivity contribution in [1.82, 2.24) is 4.90 Å². The minimum atomic E-state index is 0.508. The molecule has 0 bridgehead atoms. The van der Waals surface area contributed by atoms with Crippen molar-refractivity contribution in [2.45, 2.75) is 39.2 Å². The van der Waals surface area contributed by atoms with Crippen LogP contribution in [0.1, 0.15) is 33.1 Å². The van der Waals surface area contributed by atoms with E-state index in [1.54, 1.807) is 0 Å². The van der Waals surface area contributed by atoms with Gasteiger partial charge in [0, 0.05) is 18.2 Å². The summed E-state index contributed by atoms with van der Waals surface area (Å²) in [4.78, 5) is 2.16. The summed E-state index contributed by atoms with van der Waals surface area (Å²) >= 11 is 0. The van der Waals surface area contributed by atoms with E-state index in [-0.39, 0.29) is 0 Å². The van der Waals surface area contributed by atoms with Gasteiger partial charge >= 0.3 is 0 Å². The fraction of sp³-hybridized carbons (Fsp3) is 0.889. The van der Waals surface area contributed by atoms with Crippen LogP contribution in [0.2, 0.25) is 0 Å². The smallest absolute Gasteiger partial charge is 0.0113 e. The summed E-state index contributed by atoms with van der Waals surface area (Å²) in [5.74, 6) is 0. The minimum Gasteiger partial charge on any atom is -0.310 e. The average Bonchev–Trinajstić information content (AvgIpc) is 1.87. The average molecular weight is 156 g/mol. The Bertz CT molecular complexity index is 119. The van der Waals surface area contributed by atoms with Crippen molar-refractivity contribution in [1.29, 1.82) is 5.41 Å². The maximum absolute atomic E-state index is 7.59. The molecule has 1 N–H and O–H groups in total. The molecule has 0 spiro atoms. The van der Waals surface area contributed by atoms with Crippen molar-refractivity contribution in [2.24, 2.45) is 0 Å². The second kappa shape index (κ2) is 5.30. The van der Waals surface area contributed by atoms with Gasteiger partial charge in [-0.3, -0.25) is 0 Å². The van der Waals surface area contributed by atoms with Crippen LogP contribution in [0.5, 0.6) is 0 Å².